The minimum atomic E-state index is -0.658. The largest absolute Gasteiger partial charge is 0.466 e. The van der Waals surface area contributed by atoms with E-state index in [4.69, 9.17) is 4.74 Å². The lowest BCUT2D eigenvalue weighted by Gasteiger charge is -2.22. The molecule has 6 nitrogen and oxygen atoms in total. The van der Waals surface area contributed by atoms with Gasteiger partial charge in [-0.25, -0.2) is 0 Å². The molecule has 0 aromatic rings. The van der Waals surface area contributed by atoms with Crippen molar-refractivity contribution in [3.8, 4) is 0 Å². The van der Waals surface area contributed by atoms with Gasteiger partial charge in [-0.2, -0.15) is 0 Å². The van der Waals surface area contributed by atoms with Crippen LogP contribution in [0.1, 0.15) is 386 Å². The molecule has 0 spiro atoms. The Balaban J connectivity index is 3.28. The standard InChI is InChI=1S/C68H133NO5/c1-3-5-7-9-11-13-14-15-16-17-33-36-39-42-46-50-54-58-62-68(73)74-63-59-55-51-47-43-40-37-34-31-29-27-25-23-21-19-18-20-22-24-26-28-30-32-35-38-41-45-49-53-57-61-67(72)69-65(64-70)66(71)60-56-52-48-44-12-10-8-6-4-2/h16-17,65-66,70-71H,3-15,18-64H2,1-2H3,(H,69,72)/b17-16-. The Bertz CT molecular complexity index is 1110. The Hall–Kier alpha value is -1.40. The van der Waals surface area contributed by atoms with E-state index >= 15 is 0 Å². The second-order valence-corrected chi connectivity index (χ2v) is 23.5. The molecule has 2 unspecified atom stereocenters. The molecule has 0 aliphatic heterocycles. The first kappa shape index (κ1) is 72.6. The van der Waals surface area contributed by atoms with E-state index in [2.05, 4.69) is 31.3 Å². The molecule has 0 saturated heterocycles. The van der Waals surface area contributed by atoms with Crippen molar-refractivity contribution in [2.45, 2.75) is 398 Å². The number of carbonyl (C=O) groups excluding carboxylic acids is 2. The molecule has 0 aliphatic carbocycles. The normalized spacial score (nSPS) is 12.5. The van der Waals surface area contributed by atoms with E-state index < -0.39 is 12.1 Å². The van der Waals surface area contributed by atoms with Gasteiger partial charge in [0.2, 0.25) is 5.91 Å². The van der Waals surface area contributed by atoms with Crippen molar-refractivity contribution in [1.82, 2.24) is 5.32 Å². The Kier molecular flexibility index (Phi) is 62.9. The minimum absolute atomic E-state index is 0.0179. The summed E-state index contributed by atoms with van der Waals surface area (Å²) < 4.78 is 5.51. The predicted molar refractivity (Wildman–Crippen MR) is 324 cm³/mol. The fourth-order valence-electron chi connectivity index (χ4n) is 10.9. The number of rotatable bonds is 64. The van der Waals surface area contributed by atoms with E-state index in [9.17, 15) is 19.8 Å². The van der Waals surface area contributed by atoms with E-state index in [1.165, 1.54) is 308 Å². The minimum Gasteiger partial charge on any atom is -0.466 e. The van der Waals surface area contributed by atoms with Crippen molar-refractivity contribution in [2.24, 2.45) is 0 Å². The maximum absolute atomic E-state index is 12.4. The number of aliphatic hydroxyl groups is 2. The maximum Gasteiger partial charge on any atom is 0.305 e. The highest BCUT2D eigenvalue weighted by Crippen LogP contribution is 2.19. The van der Waals surface area contributed by atoms with E-state index in [0.29, 0.717) is 25.9 Å². The molecule has 1 amide bonds. The number of esters is 1. The summed E-state index contributed by atoms with van der Waals surface area (Å²) in [7, 11) is 0. The summed E-state index contributed by atoms with van der Waals surface area (Å²) >= 11 is 0. The zero-order chi connectivity index (χ0) is 53.6. The summed E-state index contributed by atoms with van der Waals surface area (Å²) in [5.74, 6) is -0.0137. The molecule has 0 bridgehead atoms. The van der Waals surface area contributed by atoms with Crippen LogP contribution in [0.15, 0.2) is 12.2 Å². The van der Waals surface area contributed by atoms with Gasteiger partial charge in [0.1, 0.15) is 0 Å². The molecule has 2 atom stereocenters. The zero-order valence-electron chi connectivity index (χ0n) is 50.4. The van der Waals surface area contributed by atoms with Gasteiger partial charge >= 0.3 is 5.97 Å². The molecule has 0 heterocycles. The zero-order valence-corrected chi connectivity index (χ0v) is 50.4. The van der Waals surface area contributed by atoms with Gasteiger partial charge in [0, 0.05) is 12.8 Å². The number of unbranched alkanes of at least 4 members (excludes halogenated alkanes) is 51. The first-order valence-electron chi connectivity index (χ1n) is 33.9. The van der Waals surface area contributed by atoms with Crippen molar-refractivity contribution >= 4 is 11.9 Å². The third-order valence-corrected chi connectivity index (χ3v) is 16.1. The van der Waals surface area contributed by atoms with Crippen LogP contribution in [0.2, 0.25) is 0 Å². The van der Waals surface area contributed by atoms with Crippen molar-refractivity contribution in [2.75, 3.05) is 13.2 Å². The van der Waals surface area contributed by atoms with Crippen LogP contribution in [0, 0.1) is 0 Å². The summed E-state index contributed by atoms with van der Waals surface area (Å²) in [6.07, 6.45) is 78.4. The maximum atomic E-state index is 12.4. The SMILES string of the molecule is CCCCCCCCC/C=C\CCCCCCCCCC(=O)OCCCCCCCCCCCCCCCCCCCCCCCCCCCCCCCCC(=O)NC(CO)C(O)CCCCCCCCCCC. The highest BCUT2D eigenvalue weighted by atomic mass is 16.5. The monoisotopic (exact) mass is 1040 g/mol. The van der Waals surface area contributed by atoms with Crippen LogP contribution in [-0.2, 0) is 14.3 Å². The van der Waals surface area contributed by atoms with Gasteiger partial charge in [-0.1, -0.05) is 334 Å². The number of carbonyl (C=O) groups is 2. The molecule has 0 aromatic heterocycles. The van der Waals surface area contributed by atoms with E-state index in [0.717, 1.165) is 44.9 Å². The first-order valence-corrected chi connectivity index (χ1v) is 33.9. The van der Waals surface area contributed by atoms with Gasteiger partial charge in [-0.05, 0) is 51.4 Å². The third kappa shape index (κ3) is 59.8. The Morgan fingerprint density at radius 2 is 0.635 bits per heavy atom. The summed E-state index contributed by atoms with van der Waals surface area (Å²) in [4.78, 5) is 24.5. The van der Waals surface area contributed by atoms with Crippen molar-refractivity contribution in [3.63, 3.8) is 0 Å². The highest BCUT2D eigenvalue weighted by molar-refractivity contribution is 5.76. The van der Waals surface area contributed by atoms with Crippen molar-refractivity contribution in [1.29, 1.82) is 0 Å². The Labute approximate surface area is 463 Å². The predicted octanol–water partition coefficient (Wildman–Crippen LogP) is 21.6. The molecular weight excluding hydrogens is 911 g/mol. The number of hydrogen-bond donors (Lipinski definition) is 3. The first-order chi connectivity index (χ1) is 36.5. The summed E-state index contributed by atoms with van der Waals surface area (Å²) in [6.45, 7) is 4.96. The van der Waals surface area contributed by atoms with E-state index in [1.807, 2.05) is 0 Å². The molecule has 0 aliphatic rings. The smallest absolute Gasteiger partial charge is 0.305 e. The van der Waals surface area contributed by atoms with E-state index in [1.54, 1.807) is 0 Å². The Morgan fingerprint density at radius 1 is 0.365 bits per heavy atom. The van der Waals surface area contributed by atoms with E-state index in [-0.39, 0.29) is 18.5 Å². The van der Waals surface area contributed by atoms with Crippen LogP contribution in [0.3, 0.4) is 0 Å². The average molecular weight is 1040 g/mol. The molecular formula is C68H133NO5. The molecule has 74 heavy (non-hydrogen) atoms. The van der Waals surface area contributed by atoms with Gasteiger partial charge in [0.05, 0.1) is 25.4 Å². The van der Waals surface area contributed by atoms with Gasteiger partial charge in [0.15, 0.2) is 0 Å². The fraction of sp³-hybridized carbons (Fsp3) is 0.941. The summed E-state index contributed by atoms with van der Waals surface area (Å²) in [5.41, 5.74) is 0. The fourth-order valence-corrected chi connectivity index (χ4v) is 10.9. The second kappa shape index (κ2) is 64.1. The number of hydrogen-bond acceptors (Lipinski definition) is 5. The number of aliphatic hydroxyl groups excluding tert-OH is 2. The molecule has 6 heteroatoms. The lowest BCUT2D eigenvalue weighted by Crippen LogP contribution is -2.45. The topological polar surface area (TPSA) is 95.9 Å². The van der Waals surface area contributed by atoms with Crippen LogP contribution in [0.4, 0.5) is 0 Å². The lowest BCUT2D eigenvalue weighted by atomic mass is 10.0. The molecule has 0 radical (unpaired) electrons. The van der Waals surface area contributed by atoms with Crippen molar-refractivity contribution < 1.29 is 24.5 Å². The lowest BCUT2D eigenvalue weighted by molar-refractivity contribution is -0.143. The molecule has 3 N–H and O–H groups in total. The molecule has 0 fully saturated rings. The quantitative estimate of drug-likeness (QED) is 0.0320. The van der Waals surface area contributed by atoms with Crippen LogP contribution in [0.25, 0.3) is 0 Å². The van der Waals surface area contributed by atoms with Crippen LogP contribution < -0.4 is 5.32 Å². The van der Waals surface area contributed by atoms with Crippen LogP contribution in [0.5, 0.6) is 0 Å². The second-order valence-electron chi connectivity index (χ2n) is 23.5. The third-order valence-electron chi connectivity index (χ3n) is 16.1. The number of allylic oxidation sites excluding steroid dienone is 2. The average Bonchev–Trinajstić information content (AvgIpc) is 3.40. The van der Waals surface area contributed by atoms with Gasteiger partial charge in [-0.3, -0.25) is 9.59 Å². The van der Waals surface area contributed by atoms with Gasteiger partial charge in [-0.15, -0.1) is 0 Å². The van der Waals surface area contributed by atoms with Gasteiger partial charge in [0.25, 0.3) is 0 Å². The molecule has 440 valence electrons. The van der Waals surface area contributed by atoms with Crippen LogP contribution >= 0.6 is 0 Å². The van der Waals surface area contributed by atoms with Crippen LogP contribution in [-0.4, -0.2) is 47.4 Å². The molecule has 0 aromatic carbocycles. The van der Waals surface area contributed by atoms with Crippen molar-refractivity contribution in [3.05, 3.63) is 12.2 Å². The molecule has 0 saturated carbocycles. The number of amides is 1. The summed E-state index contributed by atoms with van der Waals surface area (Å²) in [6, 6.07) is -0.535. The molecule has 0 rings (SSSR count). The van der Waals surface area contributed by atoms with Gasteiger partial charge < -0.3 is 20.3 Å². The number of nitrogens with one attached hydrogen (secondary N) is 1. The Morgan fingerprint density at radius 3 is 0.959 bits per heavy atom. The summed E-state index contributed by atoms with van der Waals surface area (Å²) in [5, 5.41) is 23.1. The number of ether oxygens (including phenoxy) is 1. The highest BCUT2D eigenvalue weighted by Gasteiger charge is 2.20.